The molecule has 2 aromatic rings. The van der Waals surface area contributed by atoms with Crippen molar-refractivity contribution in [3.05, 3.63) is 84.0 Å². The molecule has 0 aliphatic rings. The van der Waals surface area contributed by atoms with Gasteiger partial charge in [-0.2, -0.15) is 0 Å². The van der Waals surface area contributed by atoms with Gasteiger partial charge >= 0.3 is 0 Å². The van der Waals surface area contributed by atoms with Crippen molar-refractivity contribution in [3.8, 4) is 0 Å². The first-order chi connectivity index (χ1) is 21.2. The molecule has 2 rings (SSSR count). The first kappa shape index (κ1) is 39.9. The van der Waals surface area contributed by atoms with E-state index >= 15 is 0 Å². The van der Waals surface area contributed by atoms with Crippen molar-refractivity contribution in [2.75, 3.05) is 0 Å². The molecule has 0 N–H and O–H groups in total. The van der Waals surface area contributed by atoms with Gasteiger partial charge in [-0.25, -0.2) is 0 Å². The summed E-state index contributed by atoms with van der Waals surface area (Å²) in [6.07, 6.45) is 31.5. The molecule has 0 aliphatic carbocycles. The maximum atomic E-state index is 5.47. The molecule has 44 heavy (non-hydrogen) atoms. The van der Waals surface area contributed by atoms with E-state index in [9.17, 15) is 0 Å². The molecule has 2 nitrogen and oxygen atoms in total. The summed E-state index contributed by atoms with van der Waals surface area (Å²) >= 11 is 0. The SMILES string of the molecule is CCC=CCCCc1ccccc1N=C(CCCCC)C(CCCCCCCC)=Nc1ccccc1CCCC=CCC.[Pd]. The van der Waals surface area contributed by atoms with E-state index in [-0.39, 0.29) is 20.4 Å². The van der Waals surface area contributed by atoms with Crippen LogP contribution in [0, 0.1) is 0 Å². The molecule has 0 saturated heterocycles. The quantitative estimate of drug-likeness (QED) is 0.0454. The zero-order valence-corrected chi connectivity index (χ0v) is 30.1. The van der Waals surface area contributed by atoms with Crippen LogP contribution in [0.1, 0.15) is 148 Å². The number of unbranched alkanes of at least 4 members (excludes halogenated alkanes) is 9. The summed E-state index contributed by atoms with van der Waals surface area (Å²) < 4.78 is 0. The van der Waals surface area contributed by atoms with Crippen molar-refractivity contribution in [3.63, 3.8) is 0 Å². The number of benzene rings is 2. The fraction of sp³-hybridized carbons (Fsp3) is 0.561. The van der Waals surface area contributed by atoms with E-state index in [4.69, 9.17) is 9.98 Å². The van der Waals surface area contributed by atoms with E-state index in [1.165, 1.54) is 80.3 Å². The number of para-hydroxylation sites is 2. The van der Waals surface area contributed by atoms with Gasteiger partial charge in [-0.15, -0.1) is 0 Å². The second kappa shape index (κ2) is 27.3. The van der Waals surface area contributed by atoms with Gasteiger partial charge in [-0.3, -0.25) is 9.98 Å². The summed E-state index contributed by atoms with van der Waals surface area (Å²) in [7, 11) is 0. The Kier molecular flexibility index (Phi) is 24.7. The fourth-order valence-corrected chi connectivity index (χ4v) is 5.49. The molecular formula is C41H62N2Pd. The van der Waals surface area contributed by atoms with Gasteiger partial charge in [0, 0.05) is 20.4 Å². The average Bonchev–Trinajstić information content (AvgIpc) is 3.03. The first-order valence-corrected chi connectivity index (χ1v) is 17.8. The zero-order chi connectivity index (χ0) is 30.8. The van der Waals surface area contributed by atoms with Crippen LogP contribution in [0.4, 0.5) is 11.4 Å². The molecule has 0 unspecified atom stereocenters. The normalized spacial score (nSPS) is 12.4. The number of allylic oxidation sites excluding steroid dienone is 4. The molecular weight excluding hydrogens is 627 g/mol. The molecule has 0 saturated carbocycles. The summed E-state index contributed by atoms with van der Waals surface area (Å²) in [5.41, 5.74) is 7.43. The standard InChI is InChI=1S/C41H62N2.Pd/c1-5-9-13-16-19-23-35-41(43-39-33-27-25-31-37(39)29-22-18-15-11-7-3)40(34-20-12-8-4)42-38-32-26-24-30-36(38)28-21-17-14-10-6-2;/h10-11,14-15,24-27,30-33H,5-9,12-13,16-23,28-29,34-35H2,1-4H3;. The van der Waals surface area contributed by atoms with Crippen LogP contribution in [0.5, 0.6) is 0 Å². The molecule has 0 aliphatic heterocycles. The molecule has 2 aromatic carbocycles. The molecule has 0 amide bonds. The van der Waals surface area contributed by atoms with Gasteiger partial charge in [0.2, 0.25) is 0 Å². The molecule has 0 radical (unpaired) electrons. The Balaban J connectivity index is 0.00000968. The Labute approximate surface area is 285 Å². The van der Waals surface area contributed by atoms with Crippen molar-refractivity contribution < 1.29 is 20.4 Å². The van der Waals surface area contributed by atoms with E-state index < -0.39 is 0 Å². The van der Waals surface area contributed by atoms with Crippen LogP contribution < -0.4 is 0 Å². The minimum absolute atomic E-state index is 0. The van der Waals surface area contributed by atoms with Crippen molar-refractivity contribution >= 4 is 22.8 Å². The van der Waals surface area contributed by atoms with Crippen LogP contribution in [0.3, 0.4) is 0 Å². The Morgan fingerprint density at radius 2 is 0.909 bits per heavy atom. The van der Waals surface area contributed by atoms with Crippen molar-refractivity contribution in [2.24, 2.45) is 9.98 Å². The summed E-state index contributed by atoms with van der Waals surface area (Å²) in [6.45, 7) is 8.99. The molecule has 0 aromatic heterocycles. The van der Waals surface area contributed by atoms with Crippen LogP contribution in [0.25, 0.3) is 0 Å². The first-order valence-electron chi connectivity index (χ1n) is 17.8. The van der Waals surface area contributed by atoms with E-state index in [1.807, 2.05) is 0 Å². The van der Waals surface area contributed by atoms with E-state index in [1.54, 1.807) is 0 Å². The van der Waals surface area contributed by atoms with Gasteiger partial charge in [0.05, 0.1) is 22.8 Å². The minimum Gasteiger partial charge on any atom is -0.251 e. The summed E-state index contributed by atoms with van der Waals surface area (Å²) in [5.74, 6) is 0. The van der Waals surface area contributed by atoms with Crippen LogP contribution in [-0.4, -0.2) is 11.4 Å². The Bertz CT molecular complexity index is 1110. The maximum Gasteiger partial charge on any atom is 0.0665 e. The van der Waals surface area contributed by atoms with Crippen molar-refractivity contribution in [1.82, 2.24) is 0 Å². The summed E-state index contributed by atoms with van der Waals surface area (Å²) in [6, 6.07) is 17.6. The number of hydrogen-bond donors (Lipinski definition) is 0. The maximum absolute atomic E-state index is 5.47. The van der Waals surface area contributed by atoms with Gasteiger partial charge in [-0.1, -0.05) is 133 Å². The van der Waals surface area contributed by atoms with Crippen LogP contribution >= 0.6 is 0 Å². The fourth-order valence-electron chi connectivity index (χ4n) is 5.49. The zero-order valence-electron chi connectivity index (χ0n) is 28.6. The van der Waals surface area contributed by atoms with Gasteiger partial charge in [0.25, 0.3) is 0 Å². The largest absolute Gasteiger partial charge is 0.251 e. The van der Waals surface area contributed by atoms with Crippen molar-refractivity contribution in [1.29, 1.82) is 0 Å². The van der Waals surface area contributed by atoms with Crippen LogP contribution in [0.2, 0.25) is 0 Å². The van der Waals surface area contributed by atoms with Gasteiger partial charge < -0.3 is 0 Å². The third-order valence-electron chi connectivity index (χ3n) is 8.05. The monoisotopic (exact) mass is 688 g/mol. The van der Waals surface area contributed by atoms with Gasteiger partial charge in [-0.05, 0) is 100 Å². The third-order valence-corrected chi connectivity index (χ3v) is 8.05. The third kappa shape index (κ3) is 17.4. The number of aryl methyl sites for hydroxylation is 2. The number of rotatable bonds is 24. The van der Waals surface area contributed by atoms with Crippen LogP contribution in [0.15, 0.2) is 82.8 Å². The Hall–Kier alpha value is -2.08. The average molecular weight is 689 g/mol. The predicted molar refractivity (Wildman–Crippen MR) is 194 cm³/mol. The van der Waals surface area contributed by atoms with Gasteiger partial charge in [0.15, 0.2) is 0 Å². The molecule has 0 atom stereocenters. The smallest absolute Gasteiger partial charge is 0.0665 e. The molecule has 246 valence electrons. The molecule has 0 bridgehead atoms. The Morgan fingerprint density at radius 1 is 0.500 bits per heavy atom. The van der Waals surface area contributed by atoms with E-state index in [0.717, 1.165) is 75.6 Å². The summed E-state index contributed by atoms with van der Waals surface area (Å²) in [4.78, 5) is 10.9. The van der Waals surface area contributed by atoms with Crippen molar-refractivity contribution in [2.45, 2.75) is 150 Å². The molecule has 3 heteroatoms. The molecule has 0 spiro atoms. The second-order valence-corrected chi connectivity index (χ2v) is 11.9. The number of hydrogen-bond acceptors (Lipinski definition) is 2. The van der Waals surface area contributed by atoms with Gasteiger partial charge in [0.1, 0.15) is 0 Å². The molecule has 0 fully saturated rings. The van der Waals surface area contributed by atoms with Crippen LogP contribution in [-0.2, 0) is 33.3 Å². The predicted octanol–water partition coefficient (Wildman–Crippen LogP) is 13.4. The second-order valence-electron chi connectivity index (χ2n) is 11.9. The van der Waals surface area contributed by atoms with E-state index in [0.29, 0.717) is 0 Å². The summed E-state index contributed by atoms with van der Waals surface area (Å²) in [5, 5.41) is 0. The minimum atomic E-state index is 0. The number of aliphatic imine (C=N–C) groups is 2. The van der Waals surface area contributed by atoms with E-state index in [2.05, 4.69) is 101 Å². The number of nitrogens with zero attached hydrogens (tertiary/aromatic N) is 2. The molecule has 0 heterocycles. The topological polar surface area (TPSA) is 24.7 Å². The Morgan fingerprint density at radius 3 is 1.39 bits per heavy atom.